The zero-order chi connectivity index (χ0) is 13.9. The minimum absolute atomic E-state index is 0.281. The van der Waals surface area contributed by atoms with Gasteiger partial charge >= 0.3 is 0 Å². The number of pyridine rings is 1. The van der Waals surface area contributed by atoms with Crippen LogP contribution in [0, 0.1) is 11.8 Å². The van der Waals surface area contributed by atoms with Crippen molar-refractivity contribution in [2.45, 2.75) is 38.1 Å². The van der Waals surface area contributed by atoms with Gasteiger partial charge in [-0.2, -0.15) is 0 Å². The molecule has 3 unspecified atom stereocenters. The number of likely N-dealkylation sites (tertiary alicyclic amines) is 1. The highest BCUT2D eigenvalue weighted by molar-refractivity contribution is 5.76. The first-order valence-corrected chi connectivity index (χ1v) is 7.66. The van der Waals surface area contributed by atoms with Crippen LogP contribution < -0.4 is 5.73 Å². The van der Waals surface area contributed by atoms with Crippen LogP contribution >= 0.6 is 0 Å². The van der Waals surface area contributed by atoms with E-state index in [1.807, 2.05) is 17.0 Å². The summed E-state index contributed by atoms with van der Waals surface area (Å²) in [7, 11) is 0. The van der Waals surface area contributed by atoms with Crippen LogP contribution in [0.4, 0.5) is 0 Å². The van der Waals surface area contributed by atoms with Gasteiger partial charge in [0, 0.05) is 37.9 Å². The smallest absolute Gasteiger partial charge is 0.222 e. The maximum Gasteiger partial charge on any atom is 0.222 e. The minimum Gasteiger partial charge on any atom is -0.342 e. The Morgan fingerprint density at radius 2 is 2.10 bits per heavy atom. The summed E-state index contributed by atoms with van der Waals surface area (Å²) in [6, 6.07) is 4.26. The van der Waals surface area contributed by atoms with Gasteiger partial charge in [-0.05, 0) is 48.8 Å². The van der Waals surface area contributed by atoms with Crippen LogP contribution in [0.25, 0.3) is 0 Å². The Balaban J connectivity index is 1.53. The lowest BCUT2D eigenvalue weighted by Gasteiger charge is -2.29. The number of hydrogen-bond donors (Lipinski definition) is 1. The van der Waals surface area contributed by atoms with Crippen molar-refractivity contribution in [1.82, 2.24) is 9.88 Å². The lowest BCUT2D eigenvalue weighted by molar-refractivity contribution is -0.130. The van der Waals surface area contributed by atoms with E-state index in [0.717, 1.165) is 25.9 Å². The molecule has 3 atom stereocenters. The van der Waals surface area contributed by atoms with Gasteiger partial charge in [-0.25, -0.2) is 0 Å². The van der Waals surface area contributed by atoms with E-state index in [0.29, 0.717) is 24.3 Å². The second-order valence-electron chi connectivity index (χ2n) is 6.17. The third-order valence-electron chi connectivity index (χ3n) is 4.88. The van der Waals surface area contributed by atoms with Gasteiger partial charge in [0.25, 0.3) is 0 Å². The van der Waals surface area contributed by atoms with E-state index in [1.165, 1.54) is 18.4 Å². The molecule has 0 radical (unpaired) electrons. The van der Waals surface area contributed by atoms with Crippen LogP contribution in [-0.2, 0) is 11.2 Å². The molecule has 1 aliphatic carbocycles. The summed E-state index contributed by atoms with van der Waals surface area (Å²) < 4.78 is 0. The van der Waals surface area contributed by atoms with Crippen LogP contribution in [0.5, 0.6) is 0 Å². The third kappa shape index (κ3) is 2.85. The van der Waals surface area contributed by atoms with Crippen LogP contribution in [0.2, 0.25) is 0 Å². The molecule has 0 spiro atoms. The van der Waals surface area contributed by atoms with E-state index in [2.05, 4.69) is 4.98 Å². The van der Waals surface area contributed by atoms with Gasteiger partial charge < -0.3 is 10.6 Å². The highest BCUT2D eigenvalue weighted by atomic mass is 16.2. The number of carbonyl (C=O) groups excluding carboxylic acids is 1. The van der Waals surface area contributed by atoms with Gasteiger partial charge in [-0.3, -0.25) is 9.78 Å². The number of aromatic nitrogens is 1. The molecule has 2 fully saturated rings. The van der Waals surface area contributed by atoms with Crippen molar-refractivity contribution in [1.29, 1.82) is 0 Å². The molecular weight excluding hydrogens is 250 g/mol. The predicted molar refractivity (Wildman–Crippen MR) is 77.9 cm³/mol. The average molecular weight is 273 g/mol. The molecule has 4 nitrogen and oxygen atoms in total. The Kier molecular flexibility index (Phi) is 4.01. The van der Waals surface area contributed by atoms with Crippen molar-refractivity contribution in [3.63, 3.8) is 0 Å². The Bertz CT molecular complexity index is 462. The second kappa shape index (κ2) is 5.92. The van der Waals surface area contributed by atoms with E-state index in [9.17, 15) is 4.79 Å². The number of nitrogens with zero attached hydrogens (tertiary/aromatic N) is 2. The molecule has 1 saturated carbocycles. The lowest BCUT2D eigenvalue weighted by atomic mass is 9.78. The zero-order valence-corrected chi connectivity index (χ0v) is 11.9. The molecule has 0 bridgehead atoms. The first-order valence-electron chi connectivity index (χ1n) is 7.66. The maximum atomic E-state index is 12.3. The monoisotopic (exact) mass is 273 g/mol. The zero-order valence-electron chi connectivity index (χ0n) is 11.9. The molecular formula is C16H23N3O. The first kappa shape index (κ1) is 13.6. The molecule has 1 aromatic heterocycles. The van der Waals surface area contributed by atoms with E-state index in [1.54, 1.807) is 12.4 Å². The molecule has 1 aromatic rings. The molecule has 2 N–H and O–H groups in total. The molecule has 1 aliphatic heterocycles. The van der Waals surface area contributed by atoms with Crippen LogP contribution in [0.15, 0.2) is 24.5 Å². The number of aryl methyl sites for hydroxylation is 1. The minimum atomic E-state index is 0.281. The van der Waals surface area contributed by atoms with Gasteiger partial charge in [0.15, 0.2) is 0 Å². The molecule has 4 heteroatoms. The first-order chi connectivity index (χ1) is 9.74. The van der Waals surface area contributed by atoms with Gasteiger partial charge in [-0.1, -0.05) is 6.42 Å². The fourth-order valence-corrected chi connectivity index (χ4v) is 3.68. The number of hydrogen-bond acceptors (Lipinski definition) is 3. The molecule has 0 aromatic carbocycles. The van der Waals surface area contributed by atoms with Gasteiger partial charge in [0.2, 0.25) is 5.91 Å². The van der Waals surface area contributed by atoms with E-state index >= 15 is 0 Å². The lowest BCUT2D eigenvalue weighted by Crippen LogP contribution is -2.38. The number of fused-ring (bicyclic) bond motifs is 1. The highest BCUT2D eigenvalue weighted by Crippen LogP contribution is 2.35. The summed E-state index contributed by atoms with van der Waals surface area (Å²) >= 11 is 0. The Labute approximate surface area is 120 Å². The fraction of sp³-hybridized carbons (Fsp3) is 0.625. The standard InChI is InChI=1S/C16H23N3O/c17-15-3-1-2-13-10-19(11-14(13)15)16(20)5-4-12-6-8-18-9-7-12/h6-9,13-15H,1-5,10-11,17H2. The summed E-state index contributed by atoms with van der Waals surface area (Å²) in [5, 5.41) is 0. The number of rotatable bonds is 3. The number of carbonyl (C=O) groups is 1. The van der Waals surface area contributed by atoms with E-state index in [-0.39, 0.29) is 5.91 Å². The Hall–Kier alpha value is -1.42. The van der Waals surface area contributed by atoms with Crippen LogP contribution in [0.1, 0.15) is 31.2 Å². The van der Waals surface area contributed by atoms with Crippen LogP contribution in [-0.4, -0.2) is 34.9 Å². The molecule has 3 rings (SSSR count). The van der Waals surface area contributed by atoms with Crippen molar-refractivity contribution in [3.8, 4) is 0 Å². The average Bonchev–Trinajstić information content (AvgIpc) is 2.91. The Morgan fingerprint density at radius 3 is 2.85 bits per heavy atom. The Morgan fingerprint density at radius 1 is 1.30 bits per heavy atom. The topological polar surface area (TPSA) is 59.2 Å². The number of amides is 1. The fourth-order valence-electron chi connectivity index (χ4n) is 3.68. The number of nitrogens with two attached hydrogens (primary N) is 1. The quantitative estimate of drug-likeness (QED) is 0.910. The summed E-state index contributed by atoms with van der Waals surface area (Å²) in [5.41, 5.74) is 7.38. The third-order valence-corrected chi connectivity index (χ3v) is 4.88. The van der Waals surface area contributed by atoms with Gasteiger partial charge in [0.05, 0.1) is 0 Å². The molecule has 108 valence electrons. The SMILES string of the molecule is NC1CCCC2CN(C(=O)CCc3ccncc3)CC12. The van der Waals surface area contributed by atoms with Gasteiger partial charge in [-0.15, -0.1) is 0 Å². The molecule has 1 saturated heterocycles. The highest BCUT2D eigenvalue weighted by Gasteiger charge is 2.39. The molecule has 1 amide bonds. The summed E-state index contributed by atoms with van der Waals surface area (Å²) in [6.45, 7) is 1.80. The molecule has 2 heterocycles. The molecule has 2 aliphatic rings. The van der Waals surface area contributed by atoms with Crippen molar-refractivity contribution in [2.75, 3.05) is 13.1 Å². The largest absolute Gasteiger partial charge is 0.342 e. The second-order valence-corrected chi connectivity index (χ2v) is 6.17. The summed E-state index contributed by atoms with van der Waals surface area (Å²) in [6.07, 6.45) is 8.55. The van der Waals surface area contributed by atoms with Crippen molar-refractivity contribution in [2.24, 2.45) is 17.6 Å². The van der Waals surface area contributed by atoms with E-state index < -0.39 is 0 Å². The van der Waals surface area contributed by atoms with Crippen molar-refractivity contribution < 1.29 is 4.79 Å². The summed E-state index contributed by atoms with van der Waals surface area (Å²) in [5.74, 6) is 1.46. The van der Waals surface area contributed by atoms with E-state index in [4.69, 9.17) is 5.73 Å². The van der Waals surface area contributed by atoms with Crippen LogP contribution in [0.3, 0.4) is 0 Å². The maximum absolute atomic E-state index is 12.3. The predicted octanol–water partition coefficient (Wildman–Crippen LogP) is 1.60. The molecule has 20 heavy (non-hydrogen) atoms. The normalized spacial score (nSPS) is 29.2. The van der Waals surface area contributed by atoms with Crippen molar-refractivity contribution >= 4 is 5.91 Å². The van der Waals surface area contributed by atoms with Gasteiger partial charge in [0.1, 0.15) is 0 Å². The van der Waals surface area contributed by atoms with Crippen molar-refractivity contribution in [3.05, 3.63) is 30.1 Å². The summed E-state index contributed by atoms with van der Waals surface area (Å²) in [4.78, 5) is 18.4.